The van der Waals surface area contributed by atoms with E-state index >= 15 is 0 Å². The molecule has 0 aromatic carbocycles. The molecule has 88 valence electrons. The van der Waals surface area contributed by atoms with E-state index in [1.165, 1.54) is 0 Å². The molecule has 4 heteroatoms. The fraction of sp³-hybridized carbons (Fsp3) is 0.909. The van der Waals surface area contributed by atoms with Gasteiger partial charge in [-0.15, -0.1) is 0 Å². The summed E-state index contributed by atoms with van der Waals surface area (Å²) in [5, 5.41) is 0. The van der Waals surface area contributed by atoms with Crippen molar-refractivity contribution < 1.29 is 9.53 Å². The van der Waals surface area contributed by atoms with Gasteiger partial charge in [0.2, 0.25) is 5.91 Å². The maximum absolute atomic E-state index is 11.8. The molecule has 1 aliphatic heterocycles. The van der Waals surface area contributed by atoms with E-state index in [4.69, 9.17) is 10.5 Å². The summed E-state index contributed by atoms with van der Waals surface area (Å²) in [6.45, 7) is 6.16. The molecular formula is C11H22N2O2. The minimum absolute atomic E-state index is 0.0514. The Balaban J connectivity index is 2.43. The van der Waals surface area contributed by atoms with Gasteiger partial charge in [0, 0.05) is 19.7 Å². The lowest BCUT2D eigenvalue weighted by Gasteiger charge is -2.26. The molecule has 2 atom stereocenters. The van der Waals surface area contributed by atoms with Gasteiger partial charge in [-0.25, -0.2) is 0 Å². The van der Waals surface area contributed by atoms with Gasteiger partial charge >= 0.3 is 0 Å². The Morgan fingerprint density at radius 1 is 1.60 bits per heavy atom. The van der Waals surface area contributed by atoms with E-state index in [1.807, 2.05) is 18.7 Å². The number of amides is 1. The molecule has 0 spiro atoms. The third-order valence-electron chi connectivity index (χ3n) is 2.90. The number of likely N-dealkylation sites (N-methyl/N-ethyl adjacent to an activating group) is 1. The Morgan fingerprint density at radius 3 is 2.80 bits per heavy atom. The average Bonchev–Trinajstić information content (AvgIpc) is 2.76. The number of nitrogens with zero attached hydrogens (tertiary/aromatic N) is 1. The molecule has 0 aromatic rings. The van der Waals surface area contributed by atoms with Gasteiger partial charge in [-0.1, -0.05) is 6.92 Å². The first kappa shape index (κ1) is 12.5. The third-order valence-corrected chi connectivity index (χ3v) is 2.90. The fourth-order valence-electron chi connectivity index (χ4n) is 1.82. The van der Waals surface area contributed by atoms with Gasteiger partial charge in [0.1, 0.15) is 0 Å². The minimum Gasteiger partial charge on any atom is -0.376 e. The lowest BCUT2D eigenvalue weighted by Crippen LogP contribution is -2.46. The minimum atomic E-state index is -0.355. The van der Waals surface area contributed by atoms with E-state index in [-0.39, 0.29) is 18.1 Å². The molecule has 0 aliphatic carbocycles. The maximum Gasteiger partial charge on any atom is 0.239 e. The topological polar surface area (TPSA) is 55.6 Å². The number of hydrogen-bond acceptors (Lipinski definition) is 3. The predicted octanol–water partition coefficient (Wildman–Crippen LogP) is 0.751. The monoisotopic (exact) mass is 214 g/mol. The summed E-state index contributed by atoms with van der Waals surface area (Å²) in [6.07, 6.45) is 3.08. The zero-order chi connectivity index (χ0) is 11.3. The Morgan fingerprint density at radius 2 is 2.33 bits per heavy atom. The van der Waals surface area contributed by atoms with Crippen LogP contribution in [0.2, 0.25) is 0 Å². The zero-order valence-electron chi connectivity index (χ0n) is 9.74. The number of rotatable bonds is 5. The van der Waals surface area contributed by atoms with Crippen LogP contribution in [-0.4, -0.2) is 42.6 Å². The van der Waals surface area contributed by atoms with Gasteiger partial charge in [0.05, 0.1) is 12.1 Å². The van der Waals surface area contributed by atoms with E-state index in [9.17, 15) is 4.79 Å². The molecule has 0 saturated carbocycles. The van der Waals surface area contributed by atoms with Crippen LogP contribution < -0.4 is 5.73 Å². The molecule has 1 amide bonds. The Bertz CT molecular complexity index is 203. The molecule has 1 rings (SSSR count). The summed E-state index contributed by atoms with van der Waals surface area (Å²) in [6, 6.07) is -0.355. The number of carbonyl (C=O) groups is 1. The van der Waals surface area contributed by atoms with Crippen molar-refractivity contribution in [3.05, 3.63) is 0 Å². The highest BCUT2D eigenvalue weighted by molar-refractivity contribution is 5.81. The first-order valence-electron chi connectivity index (χ1n) is 5.85. The van der Waals surface area contributed by atoms with Crippen LogP contribution >= 0.6 is 0 Å². The number of hydrogen-bond donors (Lipinski definition) is 1. The van der Waals surface area contributed by atoms with E-state index in [0.29, 0.717) is 19.5 Å². The summed E-state index contributed by atoms with van der Waals surface area (Å²) in [7, 11) is 0. The normalized spacial score (nSPS) is 22.7. The molecule has 2 unspecified atom stereocenters. The van der Waals surface area contributed by atoms with E-state index in [1.54, 1.807) is 0 Å². The lowest BCUT2D eigenvalue weighted by atomic mass is 10.2. The SMILES string of the molecule is CCC(N)C(=O)N(CC)CC1CCCO1. The molecule has 4 nitrogen and oxygen atoms in total. The quantitative estimate of drug-likeness (QED) is 0.735. The molecule has 1 saturated heterocycles. The standard InChI is InChI=1S/C11H22N2O2/c1-3-10(12)11(14)13(4-2)8-9-6-5-7-15-9/h9-10H,3-8,12H2,1-2H3. The van der Waals surface area contributed by atoms with Crippen molar-refractivity contribution in [1.29, 1.82) is 0 Å². The second-order valence-electron chi connectivity index (χ2n) is 4.03. The molecule has 1 aliphatic rings. The predicted molar refractivity (Wildman–Crippen MR) is 59.5 cm³/mol. The lowest BCUT2D eigenvalue weighted by molar-refractivity contribution is -0.134. The molecule has 0 radical (unpaired) electrons. The molecule has 1 heterocycles. The summed E-state index contributed by atoms with van der Waals surface area (Å²) >= 11 is 0. The van der Waals surface area contributed by atoms with E-state index in [0.717, 1.165) is 19.4 Å². The van der Waals surface area contributed by atoms with Crippen molar-refractivity contribution >= 4 is 5.91 Å². The highest BCUT2D eigenvalue weighted by Crippen LogP contribution is 2.13. The van der Waals surface area contributed by atoms with Crippen LogP contribution in [0.5, 0.6) is 0 Å². The van der Waals surface area contributed by atoms with E-state index in [2.05, 4.69) is 0 Å². The second kappa shape index (κ2) is 6.08. The zero-order valence-corrected chi connectivity index (χ0v) is 9.74. The molecule has 0 bridgehead atoms. The number of nitrogens with two attached hydrogens (primary N) is 1. The number of carbonyl (C=O) groups excluding carboxylic acids is 1. The van der Waals surface area contributed by atoms with Gasteiger partial charge in [-0.05, 0) is 26.2 Å². The smallest absolute Gasteiger partial charge is 0.239 e. The molecule has 0 aromatic heterocycles. The summed E-state index contributed by atoms with van der Waals surface area (Å²) in [5.41, 5.74) is 5.74. The molecule has 2 N–H and O–H groups in total. The molecule has 1 fully saturated rings. The Hall–Kier alpha value is -0.610. The van der Waals surface area contributed by atoms with Crippen LogP contribution in [0.25, 0.3) is 0 Å². The molecular weight excluding hydrogens is 192 g/mol. The van der Waals surface area contributed by atoms with Crippen molar-refractivity contribution in [2.75, 3.05) is 19.7 Å². The highest BCUT2D eigenvalue weighted by atomic mass is 16.5. The van der Waals surface area contributed by atoms with E-state index < -0.39 is 0 Å². The fourth-order valence-corrected chi connectivity index (χ4v) is 1.82. The van der Waals surface area contributed by atoms with Gasteiger partial charge in [0.15, 0.2) is 0 Å². The van der Waals surface area contributed by atoms with Crippen LogP contribution in [-0.2, 0) is 9.53 Å². The van der Waals surface area contributed by atoms with Crippen LogP contribution in [0.15, 0.2) is 0 Å². The largest absolute Gasteiger partial charge is 0.376 e. The van der Waals surface area contributed by atoms with Gasteiger partial charge in [0.25, 0.3) is 0 Å². The first-order valence-corrected chi connectivity index (χ1v) is 5.85. The summed E-state index contributed by atoms with van der Waals surface area (Å²) < 4.78 is 5.51. The van der Waals surface area contributed by atoms with Crippen molar-refractivity contribution in [2.24, 2.45) is 5.73 Å². The van der Waals surface area contributed by atoms with Gasteiger partial charge < -0.3 is 15.4 Å². The van der Waals surface area contributed by atoms with Crippen LogP contribution in [0, 0.1) is 0 Å². The van der Waals surface area contributed by atoms with Crippen molar-refractivity contribution in [1.82, 2.24) is 4.90 Å². The van der Waals surface area contributed by atoms with Crippen LogP contribution in [0.1, 0.15) is 33.1 Å². The van der Waals surface area contributed by atoms with Gasteiger partial charge in [-0.2, -0.15) is 0 Å². The molecule has 15 heavy (non-hydrogen) atoms. The van der Waals surface area contributed by atoms with Gasteiger partial charge in [-0.3, -0.25) is 4.79 Å². The van der Waals surface area contributed by atoms with Crippen molar-refractivity contribution in [3.8, 4) is 0 Å². The number of ether oxygens (including phenoxy) is 1. The van der Waals surface area contributed by atoms with Crippen molar-refractivity contribution in [2.45, 2.75) is 45.3 Å². The first-order chi connectivity index (χ1) is 7.19. The maximum atomic E-state index is 11.8. The summed E-state index contributed by atoms with van der Waals surface area (Å²) in [5.74, 6) is 0.0514. The Kier molecular flexibility index (Phi) is 5.05. The highest BCUT2D eigenvalue weighted by Gasteiger charge is 2.23. The Labute approximate surface area is 91.8 Å². The summed E-state index contributed by atoms with van der Waals surface area (Å²) in [4.78, 5) is 13.6. The third kappa shape index (κ3) is 3.47. The average molecular weight is 214 g/mol. The second-order valence-corrected chi connectivity index (χ2v) is 4.03. The van der Waals surface area contributed by atoms with Crippen LogP contribution in [0.4, 0.5) is 0 Å². The van der Waals surface area contributed by atoms with Crippen LogP contribution in [0.3, 0.4) is 0 Å². The van der Waals surface area contributed by atoms with Crippen molar-refractivity contribution in [3.63, 3.8) is 0 Å².